The Balaban J connectivity index is 2.15. The maximum atomic E-state index is 11.8. The lowest BCUT2D eigenvalue weighted by atomic mass is 10.2. The number of rotatable bonds is 4. The first-order valence-corrected chi connectivity index (χ1v) is 6.49. The highest BCUT2D eigenvalue weighted by Crippen LogP contribution is 2.18. The van der Waals surface area contributed by atoms with E-state index >= 15 is 0 Å². The normalized spacial score (nSPS) is 19.1. The average Bonchev–Trinajstić information content (AvgIpc) is 2.57. The summed E-state index contributed by atoms with van der Waals surface area (Å²) < 4.78 is 0. The molecule has 102 valence electrons. The minimum atomic E-state index is -0.571. The largest absolute Gasteiger partial charge is 0.358 e. The Morgan fingerprint density at radius 1 is 1.47 bits per heavy atom. The van der Waals surface area contributed by atoms with Crippen molar-refractivity contribution >= 4 is 29.2 Å². The molecule has 19 heavy (non-hydrogen) atoms. The smallest absolute Gasteiger partial charge is 0.251 e. The minimum Gasteiger partial charge on any atom is -0.358 e. The molecule has 0 radical (unpaired) electrons. The van der Waals surface area contributed by atoms with Gasteiger partial charge in [0.25, 0.3) is 5.91 Å². The Labute approximate surface area is 116 Å². The van der Waals surface area contributed by atoms with E-state index in [4.69, 9.17) is 11.6 Å². The van der Waals surface area contributed by atoms with Gasteiger partial charge in [0.15, 0.2) is 0 Å². The van der Waals surface area contributed by atoms with E-state index in [0.29, 0.717) is 23.2 Å². The first-order valence-electron chi connectivity index (χ1n) is 6.11. The monoisotopic (exact) mass is 282 g/mol. The third-order valence-corrected chi connectivity index (χ3v) is 3.11. The topological polar surface area (TPSA) is 75.2 Å². The van der Waals surface area contributed by atoms with Crippen LogP contribution in [0.25, 0.3) is 0 Å². The van der Waals surface area contributed by atoms with Gasteiger partial charge >= 0.3 is 0 Å². The van der Waals surface area contributed by atoms with Crippen LogP contribution >= 0.6 is 11.6 Å². The molecule has 1 saturated heterocycles. The second kappa shape index (κ2) is 5.52. The SMILES string of the molecule is CCCc1nc(Cl)cc(NC2CC(=O)N(C)C2=O)n1. The van der Waals surface area contributed by atoms with Crippen LogP contribution in [0, 0.1) is 0 Å². The number of likely N-dealkylation sites (tertiary alicyclic amines) is 1. The van der Waals surface area contributed by atoms with Crippen LogP contribution in [-0.2, 0) is 16.0 Å². The van der Waals surface area contributed by atoms with Gasteiger partial charge in [-0.15, -0.1) is 0 Å². The van der Waals surface area contributed by atoms with Crippen LogP contribution in [0.5, 0.6) is 0 Å². The fourth-order valence-corrected chi connectivity index (χ4v) is 2.12. The standard InChI is InChI=1S/C12H15ClN4O2/c1-3-4-9-15-8(13)6-10(16-9)14-7-5-11(18)17(2)12(7)19/h6-7H,3-5H2,1-2H3,(H,14,15,16). The van der Waals surface area contributed by atoms with Crippen LogP contribution in [0.3, 0.4) is 0 Å². The fourth-order valence-electron chi connectivity index (χ4n) is 1.92. The summed E-state index contributed by atoms with van der Waals surface area (Å²) in [6.07, 6.45) is 1.76. The molecule has 2 rings (SSSR count). The number of hydrogen-bond acceptors (Lipinski definition) is 5. The van der Waals surface area contributed by atoms with E-state index in [9.17, 15) is 9.59 Å². The summed E-state index contributed by atoms with van der Waals surface area (Å²) in [6, 6.07) is 0.981. The lowest BCUT2D eigenvalue weighted by Crippen LogP contribution is -2.32. The van der Waals surface area contributed by atoms with Crippen molar-refractivity contribution in [1.29, 1.82) is 0 Å². The van der Waals surface area contributed by atoms with E-state index in [2.05, 4.69) is 15.3 Å². The maximum absolute atomic E-state index is 11.8. The van der Waals surface area contributed by atoms with Crippen LogP contribution in [0.15, 0.2) is 6.07 Å². The van der Waals surface area contributed by atoms with Crippen LogP contribution in [-0.4, -0.2) is 39.8 Å². The Morgan fingerprint density at radius 3 is 2.79 bits per heavy atom. The molecule has 1 N–H and O–H groups in total. The van der Waals surface area contributed by atoms with Gasteiger partial charge in [0.1, 0.15) is 22.8 Å². The third kappa shape index (κ3) is 3.01. The van der Waals surface area contributed by atoms with Gasteiger partial charge in [-0.1, -0.05) is 18.5 Å². The van der Waals surface area contributed by atoms with Gasteiger partial charge < -0.3 is 5.32 Å². The summed E-state index contributed by atoms with van der Waals surface area (Å²) in [6.45, 7) is 2.02. The highest BCUT2D eigenvalue weighted by molar-refractivity contribution is 6.29. The molecule has 1 fully saturated rings. The van der Waals surface area contributed by atoms with E-state index in [0.717, 1.165) is 11.3 Å². The second-order valence-electron chi connectivity index (χ2n) is 4.43. The van der Waals surface area contributed by atoms with E-state index < -0.39 is 6.04 Å². The number of amides is 2. The third-order valence-electron chi connectivity index (χ3n) is 2.92. The Kier molecular flexibility index (Phi) is 3.99. The number of imide groups is 1. The summed E-state index contributed by atoms with van der Waals surface area (Å²) in [4.78, 5) is 32.7. The summed E-state index contributed by atoms with van der Waals surface area (Å²) in [5.41, 5.74) is 0. The first-order chi connectivity index (χ1) is 9.01. The van der Waals surface area contributed by atoms with Crippen LogP contribution in [0.2, 0.25) is 5.15 Å². The van der Waals surface area contributed by atoms with Crippen molar-refractivity contribution in [2.75, 3.05) is 12.4 Å². The average molecular weight is 283 g/mol. The van der Waals surface area contributed by atoms with Crippen molar-refractivity contribution in [2.45, 2.75) is 32.2 Å². The van der Waals surface area contributed by atoms with Gasteiger partial charge in [-0.2, -0.15) is 0 Å². The summed E-state index contributed by atoms with van der Waals surface area (Å²) in [5.74, 6) is 0.653. The van der Waals surface area contributed by atoms with E-state index in [1.807, 2.05) is 6.92 Å². The molecule has 0 aliphatic carbocycles. The summed E-state index contributed by atoms with van der Waals surface area (Å²) >= 11 is 5.91. The molecule has 0 saturated carbocycles. The van der Waals surface area contributed by atoms with Gasteiger partial charge in [0, 0.05) is 19.5 Å². The quantitative estimate of drug-likeness (QED) is 0.664. The number of carbonyl (C=O) groups excluding carboxylic acids is 2. The van der Waals surface area contributed by atoms with E-state index in [1.54, 1.807) is 6.07 Å². The number of anilines is 1. The van der Waals surface area contributed by atoms with Crippen molar-refractivity contribution in [3.8, 4) is 0 Å². The zero-order chi connectivity index (χ0) is 14.0. The number of likely N-dealkylation sites (N-methyl/N-ethyl adjacent to an activating group) is 1. The van der Waals surface area contributed by atoms with Gasteiger partial charge in [0.05, 0.1) is 6.42 Å². The second-order valence-corrected chi connectivity index (χ2v) is 4.82. The number of aryl methyl sites for hydroxylation is 1. The molecule has 1 aromatic heterocycles. The molecular weight excluding hydrogens is 268 g/mol. The molecule has 1 atom stereocenters. The van der Waals surface area contributed by atoms with Crippen molar-refractivity contribution < 1.29 is 9.59 Å². The molecule has 0 spiro atoms. The first kappa shape index (κ1) is 13.7. The highest BCUT2D eigenvalue weighted by atomic mass is 35.5. The van der Waals surface area contributed by atoms with Crippen LogP contribution < -0.4 is 5.32 Å². The van der Waals surface area contributed by atoms with Crippen LogP contribution in [0.4, 0.5) is 5.82 Å². The molecular formula is C12H15ClN4O2. The van der Waals surface area contributed by atoms with Crippen molar-refractivity contribution in [3.63, 3.8) is 0 Å². The van der Waals surface area contributed by atoms with Crippen molar-refractivity contribution in [3.05, 3.63) is 17.0 Å². The molecule has 0 aromatic carbocycles. The molecule has 2 amide bonds. The van der Waals surface area contributed by atoms with Gasteiger partial charge in [-0.3, -0.25) is 14.5 Å². The highest BCUT2D eigenvalue weighted by Gasteiger charge is 2.36. The fraction of sp³-hybridized carbons (Fsp3) is 0.500. The predicted octanol–water partition coefficient (Wildman–Crippen LogP) is 1.25. The van der Waals surface area contributed by atoms with Gasteiger partial charge in [0.2, 0.25) is 5.91 Å². The van der Waals surface area contributed by atoms with Gasteiger partial charge in [-0.25, -0.2) is 9.97 Å². The van der Waals surface area contributed by atoms with Gasteiger partial charge in [-0.05, 0) is 6.42 Å². The van der Waals surface area contributed by atoms with Crippen molar-refractivity contribution in [1.82, 2.24) is 14.9 Å². The molecule has 1 aliphatic rings. The molecule has 1 aromatic rings. The number of hydrogen-bond donors (Lipinski definition) is 1. The number of nitrogens with one attached hydrogen (secondary N) is 1. The minimum absolute atomic E-state index is 0.139. The number of aromatic nitrogens is 2. The molecule has 0 bridgehead atoms. The summed E-state index contributed by atoms with van der Waals surface area (Å²) in [7, 11) is 1.47. The summed E-state index contributed by atoms with van der Waals surface area (Å²) in [5, 5.41) is 3.27. The number of halogens is 1. The Bertz CT molecular complexity index is 520. The zero-order valence-electron chi connectivity index (χ0n) is 10.8. The van der Waals surface area contributed by atoms with E-state index in [1.165, 1.54) is 7.05 Å². The van der Waals surface area contributed by atoms with Crippen LogP contribution in [0.1, 0.15) is 25.6 Å². The molecule has 1 unspecified atom stereocenters. The van der Waals surface area contributed by atoms with E-state index in [-0.39, 0.29) is 18.2 Å². The molecule has 6 nitrogen and oxygen atoms in total. The Morgan fingerprint density at radius 2 is 2.21 bits per heavy atom. The zero-order valence-corrected chi connectivity index (χ0v) is 11.6. The molecule has 7 heteroatoms. The van der Waals surface area contributed by atoms with Crippen molar-refractivity contribution in [2.24, 2.45) is 0 Å². The number of nitrogens with zero attached hydrogens (tertiary/aromatic N) is 3. The predicted molar refractivity (Wildman–Crippen MR) is 70.8 cm³/mol. The molecule has 1 aliphatic heterocycles. The number of carbonyl (C=O) groups is 2. The molecule has 2 heterocycles. The maximum Gasteiger partial charge on any atom is 0.251 e. The Hall–Kier alpha value is -1.69. The lowest BCUT2D eigenvalue weighted by molar-refractivity contribution is -0.136. The lowest BCUT2D eigenvalue weighted by Gasteiger charge is -2.12.